The standard InChI is InChI=1S/C15H13N3O2/c1-11-9-14(7-8-15(11)18(19)20)17(2)13-5-3-12(10-16)4-6-13/h3-9H,1-2H3. The van der Waals surface area contributed by atoms with Gasteiger partial charge in [-0.25, -0.2) is 0 Å². The number of nitro groups is 1. The van der Waals surface area contributed by atoms with Gasteiger partial charge in [0.25, 0.3) is 5.69 Å². The molecular formula is C15H13N3O2. The van der Waals surface area contributed by atoms with Gasteiger partial charge < -0.3 is 4.90 Å². The molecule has 0 aliphatic rings. The summed E-state index contributed by atoms with van der Waals surface area (Å²) in [5, 5.41) is 19.6. The molecule has 0 saturated carbocycles. The predicted molar refractivity (Wildman–Crippen MR) is 77.1 cm³/mol. The normalized spacial score (nSPS) is 9.85. The highest BCUT2D eigenvalue weighted by atomic mass is 16.6. The van der Waals surface area contributed by atoms with Gasteiger partial charge in [0.15, 0.2) is 0 Å². The third-order valence-corrected chi connectivity index (χ3v) is 3.15. The number of nitrogens with zero attached hydrogens (tertiary/aromatic N) is 3. The van der Waals surface area contributed by atoms with E-state index in [1.54, 1.807) is 31.2 Å². The average molecular weight is 267 g/mol. The molecular weight excluding hydrogens is 254 g/mol. The fourth-order valence-electron chi connectivity index (χ4n) is 1.96. The predicted octanol–water partition coefficient (Wildman–Crippen LogP) is 3.54. The zero-order chi connectivity index (χ0) is 14.7. The van der Waals surface area contributed by atoms with Crippen LogP contribution in [0.25, 0.3) is 0 Å². The number of hydrogen-bond acceptors (Lipinski definition) is 4. The van der Waals surface area contributed by atoms with Crippen molar-refractivity contribution < 1.29 is 4.92 Å². The molecule has 100 valence electrons. The smallest absolute Gasteiger partial charge is 0.272 e. The second-order valence-corrected chi connectivity index (χ2v) is 4.45. The average Bonchev–Trinajstić information content (AvgIpc) is 2.46. The van der Waals surface area contributed by atoms with Crippen LogP contribution >= 0.6 is 0 Å². The Morgan fingerprint density at radius 2 is 1.75 bits per heavy atom. The fourth-order valence-corrected chi connectivity index (χ4v) is 1.96. The minimum absolute atomic E-state index is 0.113. The number of anilines is 2. The first kappa shape index (κ1) is 13.6. The molecule has 0 spiro atoms. The number of rotatable bonds is 3. The fraction of sp³-hybridized carbons (Fsp3) is 0.133. The van der Waals surface area contributed by atoms with E-state index in [4.69, 9.17) is 5.26 Å². The lowest BCUT2D eigenvalue weighted by molar-refractivity contribution is -0.385. The summed E-state index contributed by atoms with van der Waals surface area (Å²) in [5.41, 5.74) is 3.10. The van der Waals surface area contributed by atoms with Crippen LogP contribution in [0.2, 0.25) is 0 Å². The lowest BCUT2D eigenvalue weighted by Gasteiger charge is -2.20. The Bertz CT molecular complexity index is 687. The van der Waals surface area contributed by atoms with Gasteiger partial charge in [-0.05, 0) is 43.3 Å². The van der Waals surface area contributed by atoms with Gasteiger partial charge in [0, 0.05) is 30.1 Å². The summed E-state index contributed by atoms with van der Waals surface area (Å²) in [6.07, 6.45) is 0. The van der Waals surface area contributed by atoms with Crippen molar-refractivity contribution in [2.45, 2.75) is 6.92 Å². The molecule has 0 atom stereocenters. The first-order chi connectivity index (χ1) is 9.52. The van der Waals surface area contributed by atoms with Crippen molar-refractivity contribution in [1.82, 2.24) is 0 Å². The molecule has 2 aromatic rings. The maximum Gasteiger partial charge on any atom is 0.272 e. The molecule has 5 nitrogen and oxygen atoms in total. The third-order valence-electron chi connectivity index (χ3n) is 3.15. The molecule has 0 amide bonds. The van der Waals surface area contributed by atoms with Gasteiger partial charge in [-0.15, -0.1) is 0 Å². The summed E-state index contributed by atoms with van der Waals surface area (Å²) >= 11 is 0. The molecule has 0 N–H and O–H groups in total. The molecule has 0 aliphatic heterocycles. The molecule has 0 fully saturated rings. The Morgan fingerprint density at radius 1 is 1.15 bits per heavy atom. The van der Waals surface area contributed by atoms with Gasteiger partial charge in [-0.3, -0.25) is 10.1 Å². The number of aryl methyl sites for hydroxylation is 1. The molecule has 5 heteroatoms. The highest BCUT2D eigenvalue weighted by molar-refractivity contribution is 5.65. The largest absolute Gasteiger partial charge is 0.345 e. The molecule has 0 unspecified atom stereocenters. The summed E-state index contributed by atoms with van der Waals surface area (Å²) in [5.74, 6) is 0. The summed E-state index contributed by atoms with van der Waals surface area (Å²) in [6, 6.07) is 14.2. The summed E-state index contributed by atoms with van der Waals surface area (Å²) in [4.78, 5) is 12.3. The van der Waals surface area contributed by atoms with E-state index < -0.39 is 0 Å². The number of nitro benzene ring substituents is 1. The van der Waals surface area contributed by atoms with Crippen LogP contribution in [0.4, 0.5) is 17.1 Å². The first-order valence-corrected chi connectivity index (χ1v) is 6.02. The van der Waals surface area contributed by atoms with Gasteiger partial charge in [0.2, 0.25) is 0 Å². The third kappa shape index (κ3) is 2.59. The maximum atomic E-state index is 10.8. The van der Waals surface area contributed by atoms with Gasteiger partial charge in [0.05, 0.1) is 16.6 Å². The van der Waals surface area contributed by atoms with Crippen LogP contribution in [-0.4, -0.2) is 12.0 Å². The highest BCUT2D eigenvalue weighted by Crippen LogP contribution is 2.28. The van der Waals surface area contributed by atoms with Crippen LogP contribution < -0.4 is 4.90 Å². The second kappa shape index (κ2) is 5.41. The molecule has 0 radical (unpaired) electrons. The Hall–Kier alpha value is -2.87. The van der Waals surface area contributed by atoms with Crippen LogP contribution in [0.5, 0.6) is 0 Å². The van der Waals surface area contributed by atoms with Crippen LogP contribution in [0, 0.1) is 28.4 Å². The molecule has 0 heterocycles. The van der Waals surface area contributed by atoms with Crippen molar-refractivity contribution in [3.63, 3.8) is 0 Å². The number of nitriles is 1. The minimum Gasteiger partial charge on any atom is -0.345 e. The van der Waals surface area contributed by atoms with Crippen LogP contribution in [0.1, 0.15) is 11.1 Å². The van der Waals surface area contributed by atoms with Crippen LogP contribution in [-0.2, 0) is 0 Å². The SMILES string of the molecule is Cc1cc(N(C)c2ccc(C#N)cc2)ccc1[N+](=O)[O-]. The van der Waals surface area contributed by atoms with Crippen molar-refractivity contribution in [3.05, 3.63) is 63.7 Å². The van der Waals surface area contributed by atoms with E-state index in [1.165, 1.54) is 6.07 Å². The minimum atomic E-state index is -0.388. The van der Waals surface area contributed by atoms with Crippen molar-refractivity contribution in [2.75, 3.05) is 11.9 Å². The van der Waals surface area contributed by atoms with Gasteiger partial charge >= 0.3 is 0 Å². The number of hydrogen-bond donors (Lipinski definition) is 0. The van der Waals surface area contributed by atoms with Crippen molar-refractivity contribution in [3.8, 4) is 6.07 Å². The second-order valence-electron chi connectivity index (χ2n) is 4.45. The lowest BCUT2D eigenvalue weighted by atomic mass is 10.1. The van der Waals surface area contributed by atoms with E-state index >= 15 is 0 Å². The van der Waals surface area contributed by atoms with E-state index in [-0.39, 0.29) is 10.6 Å². The van der Waals surface area contributed by atoms with Crippen LogP contribution in [0.15, 0.2) is 42.5 Å². The monoisotopic (exact) mass is 267 g/mol. The highest BCUT2D eigenvalue weighted by Gasteiger charge is 2.12. The lowest BCUT2D eigenvalue weighted by Crippen LogP contribution is -2.09. The van der Waals surface area contributed by atoms with Gasteiger partial charge in [-0.2, -0.15) is 5.26 Å². The molecule has 2 rings (SSSR count). The van der Waals surface area contributed by atoms with E-state index in [2.05, 4.69) is 6.07 Å². The Kier molecular flexibility index (Phi) is 3.67. The van der Waals surface area contributed by atoms with Crippen LogP contribution in [0.3, 0.4) is 0 Å². The maximum absolute atomic E-state index is 10.8. The molecule has 0 saturated heterocycles. The van der Waals surface area contributed by atoms with Crippen molar-refractivity contribution in [1.29, 1.82) is 5.26 Å². The first-order valence-electron chi connectivity index (χ1n) is 6.02. The zero-order valence-electron chi connectivity index (χ0n) is 11.2. The number of benzene rings is 2. The molecule has 0 aromatic heterocycles. The quantitative estimate of drug-likeness (QED) is 0.630. The van der Waals surface area contributed by atoms with Crippen molar-refractivity contribution in [2.24, 2.45) is 0 Å². The Morgan fingerprint density at radius 3 is 2.25 bits per heavy atom. The van der Waals surface area contributed by atoms with E-state index in [0.29, 0.717) is 11.1 Å². The topological polar surface area (TPSA) is 70.2 Å². The Labute approximate surface area is 116 Å². The zero-order valence-corrected chi connectivity index (χ0v) is 11.2. The summed E-state index contributed by atoms with van der Waals surface area (Å²) in [6.45, 7) is 1.72. The van der Waals surface area contributed by atoms with E-state index in [9.17, 15) is 10.1 Å². The summed E-state index contributed by atoms with van der Waals surface area (Å²) < 4.78 is 0. The molecule has 0 bridgehead atoms. The van der Waals surface area contributed by atoms with Gasteiger partial charge in [0.1, 0.15) is 0 Å². The summed E-state index contributed by atoms with van der Waals surface area (Å²) in [7, 11) is 1.88. The molecule has 2 aromatic carbocycles. The molecule has 0 aliphatic carbocycles. The van der Waals surface area contributed by atoms with Gasteiger partial charge in [-0.1, -0.05) is 0 Å². The molecule has 20 heavy (non-hydrogen) atoms. The Balaban J connectivity index is 2.33. The van der Waals surface area contributed by atoms with E-state index in [1.807, 2.05) is 24.1 Å². The van der Waals surface area contributed by atoms with Crippen molar-refractivity contribution >= 4 is 17.1 Å². The van der Waals surface area contributed by atoms with E-state index in [0.717, 1.165) is 11.4 Å².